The smallest absolute Gasteiger partial charge is 0.310 e. The van der Waals surface area contributed by atoms with Crippen molar-refractivity contribution in [3.05, 3.63) is 0 Å². The summed E-state index contributed by atoms with van der Waals surface area (Å²) in [5.41, 5.74) is 5.25. The van der Waals surface area contributed by atoms with Crippen LogP contribution >= 0.6 is 0 Å². The van der Waals surface area contributed by atoms with Gasteiger partial charge in [0.25, 0.3) is 0 Å². The Morgan fingerprint density at radius 1 is 1.50 bits per heavy atom. The molecule has 0 rings (SSSR count). The highest BCUT2D eigenvalue weighted by Crippen LogP contribution is 1.98. The van der Waals surface area contributed by atoms with Gasteiger partial charge in [-0.2, -0.15) is 0 Å². The van der Waals surface area contributed by atoms with E-state index in [1.54, 1.807) is 6.92 Å². The first-order chi connectivity index (χ1) is 4.57. The molecular weight excluding hydrogens is 130 g/mol. The van der Waals surface area contributed by atoms with Gasteiger partial charge in [-0.3, -0.25) is 4.79 Å². The Hall–Kier alpha value is -0.570. The van der Waals surface area contributed by atoms with E-state index in [9.17, 15) is 4.79 Å². The highest BCUT2D eigenvalue weighted by Gasteiger charge is 2.12. The molecule has 0 aliphatic heterocycles. The van der Waals surface area contributed by atoms with Crippen molar-refractivity contribution in [2.45, 2.75) is 26.9 Å². The second-order valence-corrected chi connectivity index (χ2v) is 2.62. The van der Waals surface area contributed by atoms with Crippen molar-refractivity contribution in [2.24, 2.45) is 11.7 Å². The highest BCUT2D eigenvalue weighted by atomic mass is 16.5. The normalized spacial score (nSPS) is 13.3. The van der Waals surface area contributed by atoms with Crippen molar-refractivity contribution < 1.29 is 9.53 Å². The molecule has 0 saturated heterocycles. The van der Waals surface area contributed by atoms with Gasteiger partial charge in [-0.25, -0.2) is 0 Å². The van der Waals surface area contributed by atoms with Crippen LogP contribution in [-0.4, -0.2) is 18.6 Å². The molecule has 0 bridgehead atoms. The number of ether oxygens (including phenoxy) is 1. The Bertz CT molecular complexity index is 112. The molecule has 0 aliphatic rings. The van der Waals surface area contributed by atoms with Gasteiger partial charge in [0.15, 0.2) is 0 Å². The first-order valence-electron chi connectivity index (χ1n) is 3.48. The summed E-state index contributed by atoms with van der Waals surface area (Å²) in [6.45, 7) is 5.75. The zero-order chi connectivity index (χ0) is 8.15. The molecular formula is C7H15NO2. The van der Waals surface area contributed by atoms with Crippen LogP contribution in [0, 0.1) is 5.92 Å². The third-order valence-electron chi connectivity index (χ3n) is 1.11. The number of esters is 1. The lowest BCUT2D eigenvalue weighted by atomic mass is 10.2. The molecule has 2 N–H and O–H groups in total. The molecule has 0 amide bonds. The summed E-state index contributed by atoms with van der Waals surface area (Å²) in [4.78, 5) is 10.9. The van der Waals surface area contributed by atoms with Gasteiger partial charge >= 0.3 is 5.97 Å². The van der Waals surface area contributed by atoms with Gasteiger partial charge in [0.2, 0.25) is 0 Å². The van der Waals surface area contributed by atoms with Crippen LogP contribution in [-0.2, 0) is 9.53 Å². The van der Waals surface area contributed by atoms with Gasteiger partial charge in [-0.1, -0.05) is 6.92 Å². The molecule has 3 heteroatoms. The van der Waals surface area contributed by atoms with Crippen LogP contribution in [0.3, 0.4) is 0 Å². The maximum Gasteiger partial charge on any atom is 0.310 e. The van der Waals surface area contributed by atoms with Gasteiger partial charge in [0, 0.05) is 6.54 Å². The fraction of sp³-hybridized carbons (Fsp3) is 0.857. The Balaban J connectivity index is 3.62. The van der Waals surface area contributed by atoms with Crippen LogP contribution in [0.1, 0.15) is 20.8 Å². The molecule has 0 radical (unpaired) electrons. The lowest BCUT2D eigenvalue weighted by Gasteiger charge is -2.11. The monoisotopic (exact) mass is 145 g/mol. The second-order valence-electron chi connectivity index (χ2n) is 2.62. The van der Waals surface area contributed by atoms with Crippen LogP contribution in [0.5, 0.6) is 0 Å². The summed E-state index contributed by atoms with van der Waals surface area (Å²) in [7, 11) is 0. The summed E-state index contributed by atoms with van der Waals surface area (Å²) >= 11 is 0. The minimum absolute atomic E-state index is 0.0403. The molecule has 0 aromatic carbocycles. The number of hydrogen-bond donors (Lipinski definition) is 1. The van der Waals surface area contributed by atoms with Crippen LogP contribution < -0.4 is 5.73 Å². The van der Waals surface area contributed by atoms with Crippen molar-refractivity contribution in [2.75, 3.05) is 6.54 Å². The SMILES string of the molecule is CC(C)OC(=O)[C@@H](C)CN. The molecule has 3 nitrogen and oxygen atoms in total. The summed E-state index contributed by atoms with van der Waals surface area (Å²) in [5, 5.41) is 0. The molecule has 0 aromatic heterocycles. The van der Waals surface area contributed by atoms with Crippen molar-refractivity contribution >= 4 is 5.97 Å². The predicted octanol–water partition coefficient (Wildman–Crippen LogP) is 0.533. The molecule has 0 fully saturated rings. The lowest BCUT2D eigenvalue weighted by molar-refractivity contribution is -0.151. The average Bonchev–Trinajstić information content (AvgIpc) is 1.85. The van der Waals surface area contributed by atoms with E-state index in [0.29, 0.717) is 6.54 Å². The molecule has 1 atom stereocenters. The second kappa shape index (κ2) is 4.28. The van der Waals surface area contributed by atoms with Gasteiger partial charge < -0.3 is 10.5 Å². The zero-order valence-electron chi connectivity index (χ0n) is 6.76. The molecule has 60 valence electrons. The molecule has 0 unspecified atom stereocenters. The number of hydrogen-bond acceptors (Lipinski definition) is 3. The van der Waals surface area contributed by atoms with Crippen LogP contribution in [0.15, 0.2) is 0 Å². The van der Waals surface area contributed by atoms with Crippen molar-refractivity contribution in [1.82, 2.24) is 0 Å². The maximum absolute atomic E-state index is 10.9. The standard InChI is InChI=1S/C7H15NO2/c1-5(2)10-7(9)6(3)4-8/h5-6H,4,8H2,1-3H3/t6-/m0/s1. The van der Waals surface area contributed by atoms with Crippen molar-refractivity contribution in [1.29, 1.82) is 0 Å². The van der Waals surface area contributed by atoms with E-state index < -0.39 is 0 Å². The average molecular weight is 145 g/mol. The van der Waals surface area contributed by atoms with E-state index in [4.69, 9.17) is 10.5 Å². The Morgan fingerprint density at radius 3 is 2.30 bits per heavy atom. The van der Waals surface area contributed by atoms with Crippen LogP contribution in [0.25, 0.3) is 0 Å². The molecule has 10 heavy (non-hydrogen) atoms. The van der Waals surface area contributed by atoms with Crippen molar-refractivity contribution in [3.8, 4) is 0 Å². The van der Waals surface area contributed by atoms with E-state index >= 15 is 0 Å². The predicted molar refractivity (Wildman–Crippen MR) is 39.4 cm³/mol. The number of rotatable bonds is 3. The van der Waals surface area contributed by atoms with Crippen molar-refractivity contribution in [3.63, 3.8) is 0 Å². The summed E-state index contributed by atoms with van der Waals surface area (Å²) in [6.07, 6.45) is -0.0403. The number of nitrogens with two attached hydrogens (primary N) is 1. The van der Waals surface area contributed by atoms with Crippen LogP contribution in [0.2, 0.25) is 0 Å². The fourth-order valence-corrected chi connectivity index (χ4v) is 0.445. The number of carbonyl (C=O) groups is 1. The molecule has 0 aliphatic carbocycles. The maximum atomic E-state index is 10.9. The summed E-state index contributed by atoms with van der Waals surface area (Å²) < 4.78 is 4.88. The summed E-state index contributed by atoms with van der Waals surface area (Å²) in [6, 6.07) is 0. The Morgan fingerprint density at radius 2 is 2.00 bits per heavy atom. The number of carbonyl (C=O) groups excluding carboxylic acids is 1. The molecule has 0 spiro atoms. The van der Waals surface area contributed by atoms with E-state index in [0.717, 1.165) is 0 Å². The zero-order valence-corrected chi connectivity index (χ0v) is 6.76. The largest absolute Gasteiger partial charge is 0.463 e. The third kappa shape index (κ3) is 3.45. The van der Waals surface area contributed by atoms with E-state index in [2.05, 4.69) is 0 Å². The first kappa shape index (κ1) is 9.43. The fourth-order valence-electron chi connectivity index (χ4n) is 0.445. The third-order valence-corrected chi connectivity index (χ3v) is 1.11. The van der Waals surface area contributed by atoms with Crippen LogP contribution in [0.4, 0.5) is 0 Å². The van der Waals surface area contributed by atoms with Gasteiger partial charge in [-0.05, 0) is 13.8 Å². The van der Waals surface area contributed by atoms with E-state index in [1.807, 2.05) is 13.8 Å². The Labute approximate surface area is 61.5 Å². The molecule has 0 saturated carbocycles. The lowest BCUT2D eigenvalue weighted by Crippen LogP contribution is -2.25. The van der Waals surface area contributed by atoms with E-state index in [-0.39, 0.29) is 18.0 Å². The van der Waals surface area contributed by atoms with E-state index in [1.165, 1.54) is 0 Å². The van der Waals surface area contributed by atoms with Gasteiger partial charge in [0.05, 0.1) is 12.0 Å². The minimum atomic E-state index is -0.211. The van der Waals surface area contributed by atoms with Gasteiger partial charge in [-0.15, -0.1) is 0 Å². The molecule has 0 heterocycles. The minimum Gasteiger partial charge on any atom is -0.463 e. The summed E-state index contributed by atoms with van der Waals surface area (Å²) in [5.74, 6) is -0.389. The Kier molecular flexibility index (Phi) is 4.03. The first-order valence-corrected chi connectivity index (χ1v) is 3.48. The quantitative estimate of drug-likeness (QED) is 0.589. The topological polar surface area (TPSA) is 52.3 Å². The van der Waals surface area contributed by atoms with Gasteiger partial charge in [0.1, 0.15) is 0 Å². The highest BCUT2D eigenvalue weighted by molar-refractivity contribution is 5.72. The molecule has 0 aromatic rings.